The Hall–Kier alpha value is -3.40. The van der Waals surface area contributed by atoms with E-state index < -0.39 is 0 Å². The lowest BCUT2D eigenvalue weighted by Gasteiger charge is -2.28. The molecule has 2 aliphatic rings. The molecule has 0 radical (unpaired) electrons. The van der Waals surface area contributed by atoms with Crippen molar-refractivity contribution < 1.29 is 4.42 Å². The van der Waals surface area contributed by atoms with Gasteiger partial charge in [0.05, 0.1) is 16.8 Å². The lowest BCUT2D eigenvalue weighted by atomic mass is 9.90. The van der Waals surface area contributed by atoms with Crippen molar-refractivity contribution in [3.8, 4) is 0 Å². The van der Waals surface area contributed by atoms with Gasteiger partial charge in [-0.3, -0.25) is 4.90 Å². The molecule has 0 unspecified atom stereocenters. The predicted molar refractivity (Wildman–Crippen MR) is 121 cm³/mol. The molecule has 148 valence electrons. The summed E-state index contributed by atoms with van der Waals surface area (Å²) in [6, 6.07) is 19.3. The first-order valence-corrected chi connectivity index (χ1v) is 10.7. The zero-order valence-electron chi connectivity index (χ0n) is 17.3. The summed E-state index contributed by atoms with van der Waals surface area (Å²) in [5.41, 5.74) is 9.92. The summed E-state index contributed by atoms with van der Waals surface area (Å²) < 4.78 is 6.44. The highest BCUT2D eigenvalue weighted by Gasteiger charge is 2.30. The summed E-state index contributed by atoms with van der Waals surface area (Å²) in [4.78, 5) is 2.24. The van der Waals surface area contributed by atoms with Crippen LogP contribution in [0, 0.1) is 13.8 Å². The van der Waals surface area contributed by atoms with Crippen LogP contribution >= 0.6 is 0 Å². The minimum Gasteiger partial charge on any atom is -0.437 e. The molecule has 3 aromatic carbocycles. The van der Waals surface area contributed by atoms with Crippen molar-refractivity contribution >= 4 is 39.6 Å². The van der Waals surface area contributed by atoms with Gasteiger partial charge in [0.2, 0.25) is 5.88 Å². The number of nitrogens with zero attached hydrogens (tertiary/aromatic N) is 3. The van der Waals surface area contributed by atoms with Crippen LogP contribution in [0.5, 0.6) is 0 Å². The van der Waals surface area contributed by atoms with E-state index >= 15 is 0 Å². The summed E-state index contributed by atoms with van der Waals surface area (Å²) in [5, 5.41) is 10.3. The number of anilines is 3. The summed E-state index contributed by atoms with van der Waals surface area (Å²) >= 11 is 0. The lowest BCUT2D eigenvalue weighted by molar-refractivity contribution is 0.620. The lowest BCUT2D eigenvalue weighted by Crippen LogP contribution is -2.14. The Bertz CT molecular complexity index is 1330. The van der Waals surface area contributed by atoms with Gasteiger partial charge in [-0.15, -0.1) is 10.2 Å². The molecule has 0 saturated carbocycles. The van der Waals surface area contributed by atoms with Gasteiger partial charge in [-0.05, 0) is 86.6 Å². The second kappa shape index (κ2) is 6.56. The molecule has 6 rings (SSSR count). The first-order chi connectivity index (χ1) is 14.7. The van der Waals surface area contributed by atoms with Crippen molar-refractivity contribution in [1.82, 2.24) is 0 Å². The third kappa shape index (κ3) is 2.60. The van der Waals surface area contributed by atoms with Gasteiger partial charge in [0.25, 0.3) is 0 Å². The molecule has 4 heteroatoms. The Kier molecular flexibility index (Phi) is 3.82. The molecule has 0 spiro atoms. The zero-order chi connectivity index (χ0) is 20.2. The third-order valence-corrected chi connectivity index (χ3v) is 6.24. The van der Waals surface area contributed by atoms with E-state index in [0.717, 1.165) is 46.8 Å². The number of furan rings is 1. The molecule has 0 bridgehead atoms. The van der Waals surface area contributed by atoms with Crippen molar-refractivity contribution in [3.05, 3.63) is 76.9 Å². The molecule has 0 N–H and O–H groups in total. The number of rotatable bonds is 1. The molecule has 1 aromatic heterocycles. The van der Waals surface area contributed by atoms with Gasteiger partial charge in [-0.25, -0.2) is 0 Å². The fraction of sp³-hybridized carbons (Fsp3) is 0.231. The number of azo groups is 1. The molecule has 1 aliphatic carbocycles. The van der Waals surface area contributed by atoms with E-state index in [2.05, 4.69) is 77.5 Å². The molecule has 2 heterocycles. The molecular formula is C26H23N3O. The van der Waals surface area contributed by atoms with Crippen molar-refractivity contribution in [2.45, 2.75) is 39.5 Å². The van der Waals surface area contributed by atoms with E-state index in [9.17, 15) is 0 Å². The Morgan fingerprint density at radius 1 is 0.833 bits per heavy atom. The number of hydrogen-bond acceptors (Lipinski definition) is 4. The summed E-state index contributed by atoms with van der Waals surface area (Å²) in [5.74, 6) is 0.751. The maximum absolute atomic E-state index is 6.44. The molecule has 1 aliphatic heterocycles. The average molecular weight is 393 g/mol. The topological polar surface area (TPSA) is 41.1 Å². The van der Waals surface area contributed by atoms with Gasteiger partial charge in [-0.2, -0.15) is 0 Å². The molecule has 4 nitrogen and oxygen atoms in total. The minimum atomic E-state index is 0.751. The van der Waals surface area contributed by atoms with Crippen LogP contribution in [0.25, 0.3) is 11.0 Å². The first-order valence-electron chi connectivity index (χ1n) is 10.7. The maximum Gasteiger partial charge on any atom is 0.233 e. The van der Waals surface area contributed by atoms with E-state index in [-0.39, 0.29) is 0 Å². The number of fused-ring (bicyclic) bond motifs is 5. The molecular weight excluding hydrogens is 370 g/mol. The van der Waals surface area contributed by atoms with E-state index in [1.54, 1.807) is 0 Å². The van der Waals surface area contributed by atoms with Gasteiger partial charge in [0, 0.05) is 0 Å². The SMILES string of the molecule is Cc1ccc2c(c1)N=Nc1c(oc3ccc(C)cc13)N2c1cccc2c1CCCC2. The van der Waals surface area contributed by atoms with Gasteiger partial charge in [0.15, 0.2) is 5.69 Å². The van der Waals surface area contributed by atoms with Crippen molar-refractivity contribution in [1.29, 1.82) is 0 Å². The monoisotopic (exact) mass is 393 g/mol. The van der Waals surface area contributed by atoms with Gasteiger partial charge in [0.1, 0.15) is 11.3 Å². The normalized spacial score (nSPS) is 14.9. The Morgan fingerprint density at radius 2 is 1.67 bits per heavy atom. The van der Waals surface area contributed by atoms with Crippen molar-refractivity contribution in [2.24, 2.45) is 10.2 Å². The minimum absolute atomic E-state index is 0.751. The zero-order valence-corrected chi connectivity index (χ0v) is 17.3. The highest BCUT2D eigenvalue weighted by Crippen LogP contribution is 2.52. The van der Waals surface area contributed by atoms with Crippen molar-refractivity contribution in [3.63, 3.8) is 0 Å². The fourth-order valence-electron chi connectivity index (χ4n) is 4.76. The van der Waals surface area contributed by atoms with Gasteiger partial charge >= 0.3 is 0 Å². The summed E-state index contributed by atoms with van der Waals surface area (Å²) in [7, 11) is 0. The largest absolute Gasteiger partial charge is 0.437 e. The maximum atomic E-state index is 6.44. The van der Waals surface area contributed by atoms with Crippen LogP contribution in [0.15, 0.2) is 69.2 Å². The van der Waals surface area contributed by atoms with E-state index in [4.69, 9.17) is 4.42 Å². The highest BCUT2D eigenvalue weighted by molar-refractivity contribution is 6.00. The van der Waals surface area contributed by atoms with Gasteiger partial charge < -0.3 is 4.42 Å². The van der Waals surface area contributed by atoms with Crippen LogP contribution in [0.4, 0.5) is 28.6 Å². The molecule has 0 atom stereocenters. The second-order valence-electron chi connectivity index (χ2n) is 8.40. The third-order valence-electron chi connectivity index (χ3n) is 6.24. The second-order valence-corrected chi connectivity index (χ2v) is 8.40. The van der Waals surface area contributed by atoms with E-state index in [1.165, 1.54) is 40.8 Å². The number of hydrogen-bond donors (Lipinski definition) is 0. The first kappa shape index (κ1) is 17.5. The predicted octanol–water partition coefficient (Wildman–Crippen LogP) is 8.13. The Labute approximate surface area is 175 Å². The number of benzene rings is 3. The van der Waals surface area contributed by atoms with Crippen molar-refractivity contribution in [2.75, 3.05) is 4.90 Å². The molecule has 0 amide bonds. The average Bonchev–Trinajstić information content (AvgIpc) is 3.02. The molecule has 4 aromatic rings. The van der Waals surface area contributed by atoms with Crippen LogP contribution in [-0.4, -0.2) is 0 Å². The summed E-state index contributed by atoms with van der Waals surface area (Å²) in [6.07, 6.45) is 4.70. The quantitative estimate of drug-likeness (QED) is 0.288. The molecule has 0 saturated heterocycles. The number of aryl methyl sites for hydroxylation is 3. The smallest absolute Gasteiger partial charge is 0.233 e. The molecule has 0 fully saturated rings. The van der Waals surface area contributed by atoms with Gasteiger partial charge in [-0.1, -0.05) is 29.8 Å². The van der Waals surface area contributed by atoms with Crippen LogP contribution in [0.1, 0.15) is 35.1 Å². The Balaban J connectivity index is 1.68. The summed E-state index contributed by atoms with van der Waals surface area (Å²) in [6.45, 7) is 4.18. The Morgan fingerprint density at radius 3 is 2.60 bits per heavy atom. The highest BCUT2D eigenvalue weighted by atomic mass is 16.4. The van der Waals surface area contributed by atoms with Crippen LogP contribution in [-0.2, 0) is 12.8 Å². The van der Waals surface area contributed by atoms with Crippen LogP contribution in [0.2, 0.25) is 0 Å². The fourth-order valence-corrected chi connectivity index (χ4v) is 4.76. The van der Waals surface area contributed by atoms with Crippen LogP contribution in [0.3, 0.4) is 0 Å². The molecule has 30 heavy (non-hydrogen) atoms. The van der Waals surface area contributed by atoms with Crippen LogP contribution < -0.4 is 4.90 Å². The van der Waals surface area contributed by atoms with E-state index in [1.807, 2.05) is 6.07 Å². The standard InChI is InChI=1S/C26H23N3O/c1-16-11-13-24-20(14-16)25-26(30-24)29(23-12-10-17(2)15-21(23)27-28-25)22-9-5-7-18-6-3-4-8-19(18)22/h5,7,9-15H,3-4,6,8H2,1-2H3. The van der Waals surface area contributed by atoms with E-state index in [0.29, 0.717) is 0 Å².